The third-order valence-electron chi connectivity index (χ3n) is 2.36. The summed E-state index contributed by atoms with van der Waals surface area (Å²) in [7, 11) is 0. The molecule has 1 saturated heterocycles. The van der Waals surface area contributed by atoms with E-state index >= 15 is 0 Å². The molecule has 1 fully saturated rings. The van der Waals surface area contributed by atoms with E-state index in [0.717, 1.165) is 0 Å². The Balaban J connectivity index is 2.19. The Morgan fingerprint density at radius 3 is 2.69 bits per heavy atom. The minimum atomic E-state index is 0.324. The van der Waals surface area contributed by atoms with E-state index in [2.05, 4.69) is 4.98 Å². The van der Waals surface area contributed by atoms with Crippen LogP contribution in [0.1, 0.15) is 5.69 Å². The maximum atomic E-state index is 8.02. The molecular formula is C10H11Cl2N3O. The molecular weight excluding hydrogens is 249 g/mol. The zero-order chi connectivity index (χ0) is 11.5. The van der Waals surface area contributed by atoms with Gasteiger partial charge in [0.05, 0.1) is 23.3 Å². The largest absolute Gasteiger partial charge is 0.378 e. The van der Waals surface area contributed by atoms with Gasteiger partial charge >= 0.3 is 0 Å². The lowest BCUT2D eigenvalue weighted by atomic mass is 10.3. The van der Waals surface area contributed by atoms with Crippen LogP contribution < -0.4 is 0 Å². The third-order valence-corrected chi connectivity index (χ3v) is 2.85. The minimum absolute atomic E-state index is 0.324. The molecule has 2 rings (SSSR count). The van der Waals surface area contributed by atoms with Gasteiger partial charge in [-0.15, -0.1) is 0 Å². The lowest BCUT2D eigenvalue weighted by Crippen LogP contribution is -2.41. The Bertz CT molecular complexity index is 405. The van der Waals surface area contributed by atoms with Crippen LogP contribution >= 0.6 is 23.2 Å². The number of ether oxygens (including phenoxy) is 1. The molecule has 0 radical (unpaired) electrons. The van der Waals surface area contributed by atoms with Gasteiger partial charge in [-0.3, -0.25) is 5.41 Å². The first-order chi connectivity index (χ1) is 7.68. The van der Waals surface area contributed by atoms with Crippen molar-refractivity contribution in [2.24, 2.45) is 0 Å². The normalized spacial score (nSPS) is 16.2. The first-order valence-electron chi connectivity index (χ1n) is 4.91. The van der Waals surface area contributed by atoms with Crippen molar-refractivity contribution in [1.82, 2.24) is 9.88 Å². The Labute approximate surface area is 104 Å². The topological polar surface area (TPSA) is 49.2 Å². The van der Waals surface area contributed by atoms with E-state index in [1.54, 1.807) is 6.07 Å². The van der Waals surface area contributed by atoms with Crippen LogP contribution in [0.2, 0.25) is 10.0 Å². The molecule has 16 heavy (non-hydrogen) atoms. The van der Waals surface area contributed by atoms with E-state index in [4.69, 9.17) is 33.3 Å². The highest BCUT2D eigenvalue weighted by atomic mass is 35.5. The summed E-state index contributed by atoms with van der Waals surface area (Å²) in [5, 5.41) is 8.90. The van der Waals surface area contributed by atoms with Crippen LogP contribution in [0, 0.1) is 5.41 Å². The third kappa shape index (κ3) is 2.45. The number of hydrogen-bond donors (Lipinski definition) is 1. The van der Waals surface area contributed by atoms with Gasteiger partial charge in [-0.05, 0) is 6.07 Å². The number of hydrogen-bond acceptors (Lipinski definition) is 3. The Kier molecular flexibility index (Phi) is 3.63. The zero-order valence-corrected chi connectivity index (χ0v) is 10.1. The van der Waals surface area contributed by atoms with Gasteiger partial charge < -0.3 is 9.64 Å². The predicted molar refractivity (Wildman–Crippen MR) is 63.5 cm³/mol. The number of nitrogens with one attached hydrogen (secondary N) is 1. The van der Waals surface area contributed by atoms with Crippen molar-refractivity contribution in [2.75, 3.05) is 26.3 Å². The number of halogens is 2. The van der Waals surface area contributed by atoms with Gasteiger partial charge in [0.25, 0.3) is 0 Å². The smallest absolute Gasteiger partial charge is 0.148 e. The van der Waals surface area contributed by atoms with Crippen molar-refractivity contribution >= 4 is 29.0 Å². The molecule has 1 aromatic rings. The summed E-state index contributed by atoms with van der Waals surface area (Å²) in [6, 6.07) is 1.60. The monoisotopic (exact) mass is 259 g/mol. The van der Waals surface area contributed by atoms with Crippen molar-refractivity contribution in [3.8, 4) is 0 Å². The van der Waals surface area contributed by atoms with Crippen LogP contribution in [0.4, 0.5) is 0 Å². The SMILES string of the molecule is N=C(c1ncc(Cl)cc1Cl)N1CCOCC1. The first-order valence-corrected chi connectivity index (χ1v) is 5.67. The van der Waals surface area contributed by atoms with E-state index in [1.165, 1.54) is 6.20 Å². The van der Waals surface area contributed by atoms with E-state index in [0.29, 0.717) is 47.9 Å². The van der Waals surface area contributed by atoms with Gasteiger partial charge in [-0.1, -0.05) is 23.2 Å². The molecule has 0 amide bonds. The number of aromatic nitrogens is 1. The molecule has 1 N–H and O–H groups in total. The molecule has 0 bridgehead atoms. The molecule has 0 aromatic carbocycles. The minimum Gasteiger partial charge on any atom is -0.378 e. The quantitative estimate of drug-likeness (QED) is 0.621. The van der Waals surface area contributed by atoms with E-state index in [9.17, 15) is 0 Å². The van der Waals surface area contributed by atoms with E-state index in [-0.39, 0.29) is 0 Å². The van der Waals surface area contributed by atoms with E-state index < -0.39 is 0 Å². The van der Waals surface area contributed by atoms with Gasteiger partial charge in [0.2, 0.25) is 0 Å². The molecule has 86 valence electrons. The average Bonchev–Trinajstić information content (AvgIpc) is 2.29. The summed E-state index contributed by atoms with van der Waals surface area (Å²) in [6.45, 7) is 2.65. The van der Waals surface area contributed by atoms with Crippen LogP contribution in [-0.4, -0.2) is 42.0 Å². The molecule has 0 unspecified atom stereocenters. The first kappa shape index (κ1) is 11.6. The second kappa shape index (κ2) is 4.99. The fourth-order valence-corrected chi connectivity index (χ4v) is 2.00. The molecule has 1 aliphatic heterocycles. The molecule has 1 aromatic heterocycles. The maximum Gasteiger partial charge on any atom is 0.148 e. The highest BCUT2D eigenvalue weighted by Gasteiger charge is 2.18. The summed E-state index contributed by atoms with van der Waals surface area (Å²) < 4.78 is 5.22. The van der Waals surface area contributed by atoms with Crippen LogP contribution in [0.25, 0.3) is 0 Å². The highest BCUT2D eigenvalue weighted by molar-refractivity contribution is 6.36. The lowest BCUT2D eigenvalue weighted by molar-refractivity contribution is 0.0679. The highest BCUT2D eigenvalue weighted by Crippen LogP contribution is 2.20. The van der Waals surface area contributed by atoms with Crippen LogP contribution in [-0.2, 0) is 4.74 Å². The van der Waals surface area contributed by atoms with Gasteiger partial charge in [-0.25, -0.2) is 4.98 Å². The summed E-state index contributed by atoms with van der Waals surface area (Å²) in [4.78, 5) is 5.98. The number of pyridine rings is 1. The fraction of sp³-hybridized carbons (Fsp3) is 0.400. The second-order valence-corrected chi connectivity index (χ2v) is 4.28. The van der Waals surface area contributed by atoms with Crippen molar-refractivity contribution in [3.05, 3.63) is 28.0 Å². The molecule has 0 aliphatic carbocycles. The standard InChI is InChI=1S/C10H11Cl2N3O/c11-7-5-8(12)9(14-6-7)10(13)15-1-3-16-4-2-15/h5-6,13H,1-4H2. The number of morpholine rings is 1. The van der Waals surface area contributed by atoms with Gasteiger partial charge in [0.1, 0.15) is 11.5 Å². The van der Waals surface area contributed by atoms with Crippen LogP contribution in [0.3, 0.4) is 0 Å². The second-order valence-electron chi connectivity index (χ2n) is 3.43. The number of amidine groups is 1. The molecule has 4 nitrogen and oxygen atoms in total. The van der Waals surface area contributed by atoms with Gasteiger partial charge in [0.15, 0.2) is 0 Å². The zero-order valence-electron chi connectivity index (χ0n) is 8.54. The fourth-order valence-electron chi connectivity index (χ4n) is 1.53. The maximum absolute atomic E-state index is 8.02. The molecule has 1 aliphatic rings. The lowest BCUT2D eigenvalue weighted by Gasteiger charge is -2.28. The number of nitrogens with zero attached hydrogens (tertiary/aromatic N) is 2. The van der Waals surface area contributed by atoms with Crippen molar-refractivity contribution in [1.29, 1.82) is 5.41 Å². The van der Waals surface area contributed by atoms with Crippen molar-refractivity contribution < 1.29 is 4.74 Å². The van der Waals surface area contributed by atoms with Crippen molar-refractivity contribution in [3.63, 3.8) is 0 Å². The molecule has 0 atom stereocenters. The van der Waals surface area contributed by atoms with Gasteiger partial charge in [0, 0.05) is 19.3 Å². The number of rotatable bonds is 1. The summed E-state index contributed by atoms with van der Waals surface area (Å²) in [5.74, 6) is 0.324. The summed E-state index contributed by atoms with van der Waals surface area (Å²) in [5.41, 5.74) is 0.466. The predicted octanol–water partition coefficient (Wildman–Crippen LogP) is 2.05. The van der Waals surface area contributed by atoms with E-state index in [1.807, 2.05) is 4.90 Å². The Morgan fingerprint density at radius 1 is 1.38 bits per heavy atom. The molecule has 6 heteroatoms. The van der Waals surface area contributed by atoms with Crippen LogP contribution in [0.5, 0.6) is 0 Å². The Morgan fingerprint density at radius 2 is 2.06 bits per heavy atom. The summed E-state index contributed by atoms with van der Waals surface area (Å²) in [6.07, 6.45) is 1.50. The van der Waals surface area contributed by atoms with Crippen molar-refractivity contribution in [2.45, 2.75) is 0 Å². The molecule has 0 saturated carbocycles. The summed E-state index contributed by atoms with van der Waals surface area (Å²) >= 11 is 11.8. The van der Waals surface area contributed by atoms with Gasteiger partial charge in [-0.2, -0.15) is 0 Å². The Hall–Kier alpha value is -0.840. The van der Waals surface area contributed by atoms with Crippen LogP contribution in [0.15, 0.2) is 12.3 Å². The molecule has 0 spiro atoms. The molecule has 2 heterocycles. The average molecular weight is 260 g/mol.